The number of carbonyl (C=O) groups excluding carboxylic acids is 3. The second-order valence-electron chi connectivity index (χ2n) is 6.08. The van der Waals surface area contributed by atoms with E-state index >= 15 is 0 Å². The zero-order valence-electron chi connectivity index (χ0n) is 15.5. The van der Waals surface area contributed by atoms with Gasteiger partial charge in [0.25, 0.3) is 0 Å². The summed E-state index contributed by atoms with van der Waals surface area (Å²) in [4.78, 5) is 36.2. The van der Waals surface area contributed by atoms with Gasteiger partial charge >= 0.3 is 5.97 Å². The monoisotopic (exact) mass is 463 g/mol. The Morgan fingerprint density at radius 3 is 2.54 bits per heavy atom. The summed E-state index contributed by atoms with van der Waals surface area (Å²) >= 11 is 4.34. The van der Waals surface area contributed by atoms with Gasteiger partial charge in [0.15, 0.2) is 5.12 Å². The minimum absolute atomic E-state index is 0.0256. The third kappa shape index (κ3) is 7.48. The molecule has 0 heterocycles. The molecule has 28 heavy (non-hydrogen) atoms. The van der Waals surface area contributed by atoms with Crippen LogP contribution in [0.5, 0.6) is 0 Å². The van der Waals surface area contributed by atoms with Crippen molar-refractivity contribution in [3.05, 3.63) is 65.7 Å². The number of amides is 1. The normalized spacial score (nSPS) is 11.5. The molecular formula is C21H22BrNO4S. The first kappa shape index (κ1) is 22.2. The molecular weight excluding hydrogens is 442 g/mol. The van der Waals surface area contributed by atoms with Gasteiger partial charge in [-0.3, -0.25) is 9.59 Å². The van der Waals surface area contributed by atoms with Crippen molar-refractivity contribution in [3.63, 3.8) is 0 Å². The summed E-state index contributed by atoms with van der Waals surface area (Å²) in [6.07, 6.45) is 0.528. The van der Waals surface area contributed by atoms with E-state index in [9.17, 15) is 14.4 Å². The molecule has 2 aromatic carbocycles. The molecule has 1 amide bonds. The predicted molar refractivity (Wildman–Crippen MR) is 116 cm³/mol. The summed E-state index contributed by atoms with van der Waals surface area (Å²) in [7, 11) is 0. The first-order valence-corrected chi connectivity index (χ1v) is 10.9. The second kappa shape index (κ2) is 11.7. The average molecular weight is 464 g/mol. The zero-order chi connectivity index (χ0) is 20.4. The highest BCUT2D eigenvalue weighted by Gasteiger charge is 2.20. The van der Waals surface area contributed by atoms with Gasteiger partial charge in [0, 0.05) is 23.7 Å². The van der Waals surface area contributed by atoms with Gasteiger partial charge in [0.1, 0.15) is 6.61 Å². The van der Waals surface area contributed by atoms with Crippen LogP contribution in [0, 0.1) is 5.92 Å². The van der Waals surface area contributed by atoms with Crippen LogP contribution in [0.4, 0.5) is 5.69 Å². The number of hydrogen-bond acceptors (Lipinski definition) is 5. The maximum atomic E-state index is 12.8. The summed E-state index contributed by atoms with van der Waals surface area (Å²) < 4.78 is 5.09. The van der Waals surface area contributed by atoms with E-state index in [0.29, 0.717) is 28.8 Å². The fraction of sp³-hybridized carbons (Fsp3) is 0.286. The zero-order valence-corrected chi connectivity index (χ0v) is 17.9. The van der Waals surface area contributed by atoms with Gasteiger partial charge in [-0.05, 0) is 30.2 Å². The van der Waals surface area contributed by atoms with E-state index in [1.165, 1.54) is 6.92 Å². The molecule has 1 unspecified atom stereocenters. The lowest BCUT2D eigenvalue weighted by Gasteiger charge is -2.16. The number of benzene rings is 2. The van der Waals surface area contributed by atoms with Gasteiger partial charge in [-0.15, -0.1) is 0 Å². The van der Waals surface area contributed by atoms with Crippen LogP contribution in [0.1, 0.15) is 22.8 Å². The molecule has 0 spiro atoms. The lowest BCUT2D eigenvalue weighted by atomic mass is 10.00. The molecule has 5 nitrogen and oxygen atoms in total. The molecule has 0 fully saturated rings. The van der Waals surface area contributed by atoms with E-state index < -0.39 is 5.97 Å². The van der Waals surface area contributed by atoms with Crippen molar-refractivity contribution in [1.29, 1.82) is 0 Å². The summed E-state index contributed by atoms with van der Waals surface area (Å²) in [5, 5.41) is 3.39. The van der Waals surface area contributed by atoms with E-state index in [0.717, 1.165) is 17.3 Å². The second-order valence-corrected chi connectivity index (χ2v) is 8.07. The van der Waals surface area contributed by atoms with Gasteiger partial charge in [0.05, 0.1) is 11.5 Å². The Balaban J connectivity index is 2.09. The van der Waals surface area contributed by atoms with E-state index in [2.05, 4.69) is 21.2 Å². The quantitative estimate of drug-likeness (QED) is 0.442. The van der Waals surface area contributed by atoms with Crippen molar-refractivity contribution in [1.82, 2.24) is 0 Å². The molecule has 0 saturated heterocycles. The van der Waals surface area contributed by atoms with Gasteiger partial charge < -0.3 is 10.1 Å². The number of nitrogens with one attached hydrogen (secondary N) is 1. The number of anilines is 1. The first-order chi connectivity index (χ1) is 13.5. The SMILES string of the molecule is CC(=O)SCC(Cc1ccccc1)C(=O)Nc1cccc(C(=O)OCCBr)c1. The lowest BCUT2D eigenvalue weighted by molar-refractivity contribution is -0.119. The molecule has 1 N–H and O–H groups in total. The fourth-order valence-electron chi connectivity index (χ4n) is 2.53. The van der Waals surface area contributed by atoms with Gasteiger partial charge in [-0.2, -0.15) is 0 Å². The summed E-state index contributed by atoms with van der Waals surface area (Å²) in [5.74, 6) is -0.615. The molecule has 0 radical (unpaired) electrons. The third-order valence-corrected chi connectivity index (χ3v) is 5.16. The van der Waals surface area contributed by atoms with Crippen molar-refractivity contribution in [2.75, 3.05) is 23.0 Å². The molecule has 0 aliphatic rings. The van der Waals surface area contributed by atoms with Gasteiger partial charge in [-0.1, -0.05) is 64.1 Å². The van der Waals surface area contributed by atoms with Crippen LogP contribution < -0.4 is 5.32 Å². The fourth-order valence-corrected chi connectivity index (χ4v) is 3.39. The van der Waals surface area contributed by atoms with E-state index in [4.69, 9.17) is 4.74 Å². The maximum absolute atomic E-state index is 12.8. The number of ether oxygens (including phenoxy) is 1. The Labute approximate surface area is 177 Å². The minimum atomic E-state index is -0.441. The van der Waals surface area contributed by atoms with Crippen LogP contribution in [0.3, 0.4) is 0 Å². The van der Waals surface area contributed by atoms with Crippen molar-refractivity contribution >= 4 is 50.4 Å². The molecule has 1 atom stereocenters. The summed E-state index contributed by atoms with van der Waals surface area (Å²) in [5.41, 5.74) is 1.92. The standard InChI is InChI=1S/C21H22BrNO4S/c1-15(24)28-14-18(12-16-6-3-2-4-7-16)20(25)23-19-9-5-8-17(13-19)21(26)27-11-10-22/h2-9,13,18H,10-12,14H2,1H3,(H,23,25). The topological polar surface area (TPSA) is 72.5 Å². The highest BCUT2D eigenvalue weighted by Crippen LogP contribution is 2.19. The number of hydrogen-bond donors (Lipinski definition) is 1. The number of esters is 1. The van der Waals surface area contributed by atoms with E-state index in [1.54, 1.807) is 24.3 Å². The summed E-state index contributed by atoms with van der Waals surface area (Å²) in [6.45, 7) is 1.76. The van der Waals surface area contributed by atoms with Crippen LogP contribution >= 0.6 is 27.7 Å². The number of thioether (sulfide) groups is 1. The van der Waals surface area contributed by atoms with Crippen molar-refractivity contribution in [2.24, 2.45) is 5.92 Å². The highest BCUT2D eigenvalue weighted by atomic mass is 79.9. The van der Waals surface area contributed by atoms with Gasteiger partial charge in [-0.25, -0.2) is 4.79 Å². The lowest BCUT2D eigenvalue weighted by Crippen LogP contribution is -2.27. The van der Waals surface area contributed by atoms with Gasteiger partial charge in [0.2, 0.25) is 5.91 Å². The smallest absolute Gasteiger partial charge is 0.338 e. The molecule has 2 aromatic rings. The molecule has 7 heteroatoms. The van der Waals surface area contributed by atoms with Crippen LogP contribution in [-0.4, -0.2) is 34.7 Å². The average Bonchev–Trinajstić information content (AvgIpc) is 2.70. The summed E-state index contributed by atoms with van der Waals surface area (Å²) in [6, 6.07) is 16.3. The van der Waals surface area contributed by atoms with Crippen LogP contribution in [-0.2, 0) is 20.7 Å². The van der Waals surface area contributed by atoms with E-state index in [1.807, 2.05) is 30.3 Å². The third-order valence-electron chi connectivity index (χ3n) is 3.86. The maximum Gasteiger partial charge on any atom is 0.338 e. The Bertz CT molecular complexity index is 813. The van der Waals surface area contributed by atoms with Crippen LogP contribution in [0.2, 0.25) is 0 Å². The Kier molecular flexibility index (Phi) is 9.23. The van der Waals surface area contributed by atoms with Crippen molar-refractivity contribution in [2.45, 2.75) is 13.3 Å². The molecule has 0 aliphatic heterocycles. The number of alkyl halides is 1. The predicted octanol–water partition coefficient (Wildman–Crippen LogP) is 4.32. The largest absolute Gasteiger partial charge is 0.461 e. The number of rotatable bonds is 9. The molecule has 148 valence electrons. The van der Waals surface area contributed by atoms with Crippen LogP contribution in [0.25, 0.3) is 0 Å². The Morgan fingerprint density at radius 1 is 1.11 bits per heavy atom. The molecule has 2 rings (SSSR count). The van der Waals surface area contributed by atoms with E-state index in [-0.39, 0.29) is 23.5 Å². The van der Waals surface area contributed by atoms with Crippen molar-refractivity contribution in [3.8, 4) is 0 Å². The Morgan fingerprint density at radius 2 is 1.86 bits per heavy atom. The number of halogens is 1. The Hall–Kier alpha value is -2.12. The first-order valence-electron chi connectivity index (χ1n) is 8.81. The molecule has 0 bridgehead atoms. The van der Waals surface area contributed by atoms with Crippen molar-refractivity contribution < 1.29 is 19.1 Å². The molecule has 0 aliphatic carbocycles. The minimum Gasteiger partial charge on any atom is -0.461 e. The number of carbonyl (C=O) groups is 3. The highest BCUT2D eigenvalue weighted by molar-refractivity contribution is 9.09. The molecule has 0 aromatic heterocycles. The molecule has 0 saturated carbocycles. The van der Waals surface area contributed by atoms with Crippen LogP contribution in [0.15, 0.2) is 54.6 Å².